The van der Waals surface area contributed by atoms with E-state index in [1.807, 2.05) is 13.0 Å². The maximum atomic E-state index is 13.9. The van der Waals surface area contributed by atoms with E-state index >= 15 is 0 Å². The molecule has 2 rings (SSSR count). The molecular formula is C15H22FNO2. The first-order valence-corrected chi connectivity index (χ1v) is 6.84. The number of benzene rings is 1. The van der Waals surface area contributed by atoms with Crippen LogP contribution in [0.4, 0.5) is 4.39 Å². The Hall–Kier alpha value is -1.13. The molecule has 0 aliphatic heterocycles. The maximum absolute atomic E-state index is 13.9. The van der Waals surface area contributed by atoms with Crippen molar-refractivity contribution in [3.05, 3.63) is 29.6 Å². The van der Waals surface area contributed by atoms with Gasteiger partial charge in [-0.15, -0.1) is 0 Å². The zero-order valence-corrected chi connectivity index (χ0v) is 11.6. The van der Waals surface area contributed by atoms with Crippen LogP contribution in [0.15, 0.2) is 18.2 Å². The first-order chi connectivity index (χ1) is 9.10. The van der Waals surface area contributed by atoms with Gasteiger partial charge in [-0.05, 0) is 43.9 Å². The lowest BCUT2D eigenvalue weighted by molar-refractivity contribution is 0.0197. The van der Waals surface area contributed by atoms with Gasteiger partial charge >= 0.3 is 0 Å². The van der Waals surface area contributed by atoms with Crippen molar-refractivity contribution in [1.29, 1.82) is 0 Å². The van der Waals surface area contributed by atoms with E-state index in [-0.39, 0.29) is 24.1 Å². The quantitative estimate of drug-likeness (QED) is 0.911. The highest BCUT2D eigenvalue weighted by Gasteiger charge is 2.24. The Morgan fingerprint density at radius 3 is 2.68 bits per heavy atom. The lowest BCUT2D eigenvalue weighted by atomic mass is 9.95. The fraction of sp³-hybridized carbons (Fsp3) is 0.600. The van der Waals surface area contributed by atoms with Crippen molar-refractivity contribution in [2.75, 3.05) is 7.11 Å². The topological polar surface area (TPSA) is 44.5 Å². The van der Waals surface area contributed by atoms with Crippen LogP contribution in [0.2, 0.25) is 0 Å². The summed E-state index contributed by atoms with van der Waals surface area (Å²) in [6, 6.07) is 4.77. The Balaban J connectivity index is 2.02. The van der Waals surface area contributed by atoms with E-state index in [4.69, 9.17) is 15.2 Å². The van der Waals surface area contributed by atoms with E-state index in [2.05, 4.69) is 0 Å². The minimum absolute atomic E-state index is 0.0364. The molecule has 0 aromatic heterocycles. The summed E-state index contributed by atoms with van der Waals surface area (Å²) < 4.78 is 25.0. The molecule has 0 saturated heterocycles. The maximum Gasteiger partial charge on any atom is 0.165 e. The fourth-order valence-corrected chi connectivity index (χ4v) is 2.50. The van der Waals surface area contributed by atoms with Gasteiger partial charge in [-0.25, -0.2) is 4.39 Å². The predicted octanol–water partition coefficient (Wildman–Crippen LogP) is 3.18. The lowest BCUT2D eigenvalue weighted by Gasteiger charge is -2.28. The van der Waals surface area contributed by atoms with E-state index in [1.54, 1.807) is 13.2 Å². The molecule has 1 fully saturated rings. The molecule has 3 atom stereocenters. The molecule has 1 aromatic carbocycles. The SMILES string of the molecule is COC1CCCC(Oc2ccc([C@@H](C)N)cc2F)C1. The zero-order valence-electron chi connectivity index (χ0n) is 11.6. The summed E-state index contributed by atoms with van der Waals surface area (Å²) >= 11 is 0. The Morgan fingerprint density at radius 2 is 2.05 bits per heavy atom. The van der Waals surface area contributed by atoms with Crippen LogP contribution < -0.4 is 10.5 Å². The number of ether oxygens (including phenoxy) is 2. The van der Waals surface area contributed by atoms with Crippen LogP contribution in [0.1, 0.15) is 44.2 Å². The second kappa shape index (κ2) is 6.35. The molecule has 0 spiro atoms. The molecule has 1 aliphatic carbocycles. The van der Waals surface area contributed by atoms with Gasteiger partial charge in [0.15, 0.2) is 11.6 Å². The monoisotopic (exact) mass is 267 g/mol. The van der Waals surface area contributed by atoms with Crippen LogP contribution in [-0.2, 0) is 4.74 Å². The highest BCUT2D eigenvalue weighted by Crippen LogP contribution is 2.28. The number of halogens is 1. The van der Waals surface area contributed by atoms with Gasteiger partial charge in [-0.3, -0.25) is 0 Å². The minimum atomic E-state index is -0.339. The summed E-state index contributed by atoms with van der Waals surface area (Å²) in [5.74, 6) is -0.0273. The highest BCUT2D eigenvalue weighted by molar-refractivity contribution is 5.31. The largest absolute Gasteiger partial charge is 0.487 e. The Kier molecular flexibility index (Phi) is 4.77. The third-order valence-corrected chi connectivity index (χ3v) is 3.69. The smallest absolute Gasteiger partial charge is 0.165 e. The lowest BCUT2D eigenvalue weighted by Crippen LogP contribution is -2.29. The van der Waals surface area contributed by atoms with Crippen molar-refractivity contribution in [3.8, 4) is 5.75 Å². The van der Waals surface area contributed by atoms with Gasteiger partial charge in [-0.1, -0.05) is 6.07 Å². The molecule has 4 heteroatoms. The molecule has 1 aliphatic rings. The van der Waals surface area contributed by atoms with Crippen LogP contribution >= 0.6 is 0 Å². The van der Waals surface area contributed by atoms with E-state index in [0.29, 0.717) is 5.75 Å². The highest BCUT2D eigenvalue weighted by atomic mass is 19.1. The number of nitrogens with two attached hydrogens (primary N) is 1. The van der Waals surface area contributed by atoms with Crippen LogP contribution in [0.5, 0.6) is 5.75 Å². The molecule has 1 saturated carbocycles. The minimum Gasteiger partial charge on any atom is -0.487 e. The second-order valence-electron chi connectivity index (χ2n) is 5.24. The summed E-state index contributed by atoms with van der Waals surface area (Å²) in [4.78, 5) is 0. The van der Waals surface area contributed by atoms with Gasteiger partial charge in [0.25, 0.3) is 0 Å². The average molecular weight is 267 g/mol. The molecule has 106 valence electrons. The summed E-state index contributed by atoms with van der Waals surface area (Å²) in [6.45, 7) is 1.83. The van der Waals surface area contributed by atoms with E-state index in [9.17, 15) is 4.39 Å². The number of hydrogen-bond acceptors (Lipinski definition) is 3. The van der Waals surface area contributed by atoms with Crippen molar-refractivity contribution in [3.63, 3.8) is 0 Å². The summed E-state index contributed by atoms with van der Waals surface area (Å²) in [5, 5.41) is 0. The van der Waals surface area contributed by atoms with Crippen molar-refractivity contribution in [2.45, 2.75) is 50.9 Å². The van der Waals surface area contributed by atoms with Crippen LogP contribution in [0.3, 0.4) is 0 Å². The predicted molar refractivity (Wildman–Crippen MR) is 72.7 cm³/mol. The molecule has 0 bridgehead atoms. The van der Waals surface area contributed by atoms with Gasteiger partial charge < -0.3 is 15.2 Å². The Morgan fingerprint density at radius 1 is 1.32 bits per heavy atom. The Labute approximate surface area is 113 Å². The second-order valence-corrected chi connectivity index (χ2v) is 5.24. The van der Waals surface area contributed by atoms with Crippen molar-refractivity contribution in [1.82, 2.24) is 0 Å². The molecule has 2 N–H and O–H groups in total. The van der Waals surface area contributed by atoms with E-state index < -0.39 is 0 Å². The molecule has 19 heavy (non-hydrogen) atoms. The number of methoxy groups -OCH3 is 1. The van der Waals surface area contributed by atoms with Crippen molar-refractivity contribution < 1.29 is 13.9 Å². The molecule has 0 heterocycles. The average Bonchev–Trinajstić information content (AvgIpc) is 2.41. The Bertz CT molecular complexity index is 423. The first kappa shape index (κ1) is 14.3. The molecule has 3 nitrogen and oxygen atoms in total. The molecule has 2 unspecified atom stereocenters. The summed E-state index contributed by atoms with van der Waals surface area (Å²) in [7, 11) is 1.71. The summed E-state index contributed by atoms with van der Waals surface area (Å²) in [5.41, 5.74) is 6.51. The third-order valence-electron chi connectivity index (χ3n) is 3.69. The van der Waals surface area contributed by atoms with Crippen molar-refractivity contribution in [2.24, 2.45) is 5.73 Å². The standard InChI is InChI=1S/C15H22FNO2/c1-10(17)11-6-7-15(14(16)8-11)19-13-5-3-4-12(9-13)18-2/h6-8,10,12-13H,3-5,9,17H2,1-2H3/t10-,12?,13?/m1/s1. The molecular weight excluding hydrogens is 245 g/mol. The van der Waals surface area contributed by atoms with Crippen LogP contribution in [-0.4, -0.2) is 19.3 Å². The van der Waals surface area contributed by atoms with Crippen LogP contribution in [0, 0.1) is 5.82 Å². The van der Waals surface area contributed by atoms with Crippen molar-refractivity contribution >= 4 is 0 Å². The number of hydrogen-bond donors (Lipinski definition) is 1. The van der Waals surface area contributed by atoms with Gasteiger partial charge in [0.05, 0.1) is 6.10 Å². The van der Waals surface area contributed by atoms with Crippen LogP contribution in [0.25, 0.3) is 0 Å². The van der Waals surface area contributed by atoms with E-state index in [0.717, 1.165) is 31.2 Å². The van der Waals surface area contributed by atoms with E-state index in [1.165, 1.54) is 6.07 Å². The zero-order chi connectivity index (χ0) is 13.8. The molecule has 0 radical (unpaired) electrons. The molecule has 0 amide bonds. The number of rotatable bonds is 4. The van der Waals surface area contributed by atoms with Gasteiger partial charge in [0.1, 0.15) is 6.10 Å². The third kappa shape index (κ3) is 3.67. The van der Waals surface area contributed by atoms with Gasteiger partial charge in [0, 0.05) is 19.6 Å². The normalized spacial score (nSPS) is 25.1. The molecule has 1 aromatic rings. The first-order valence-electron chi connectivity index (χ1n) is 6.84. The fourth-order valence-electron chi connectivity index (χ4n) is 2.50. The van der Waals surface area contributed by atoms with Gasteiger partial charge in [-0.2, -0.15) is 0 Å². The van der Waals surface area contributed by atoms with Gasteiger partial charge in [0.2, 0.25) is 0 Å². The summed E-state index contributed by atoms with van der Waals surface area (Å²) in [6.07, 6.45) is 4.16.